The van der Waals surface area contributed by atoms with Crippen molar-refractivity contribution in [1.29, 1.82) is 5.26 Å². The number of thiophene rings is 2. The number of ether oxygens (including phenoxy) is 3. The average Bonchev–Trinajstić information content (AvgIpc) is 1.44. The minimum atomic E-state index is -3.94. The SMILES string of the molecule is CC#N.Cc1cc(C)c(N2CCOCC2)c(C)c1N.Cc1ccc(S(=O)(=O)Nc2ccsc2C(=O)Nc2c(C)cc(C)c(N3CCOCC3)c2C)cc1.Cc1ccc(S(=O)(=O)[N-]c2ccsc2C(=O)Nc2c(C)cc(C)c(N3CCOCC3)c2C)cc1.[Na+]. The number of nitrogens with zero attached hydrogens (tertiary/aromatic N) is 5. The van der Waals surface area contributed by atoms with E-state index in [0.717, 1.165) is 125 Å². The molecule has 0 atom stereocenters. The zero-order chi connectivity index (χ0) is 63.3. The van der Waals surface area contributed by atoms with Crippen LogP contribution in [0.1, 0.15) is 87.5 Å². The largest absolute Gasteiger partial charge is 1.00 e. The van der Waals surface area contributed by atoms with Crippen LogP contribution in [0.15, 0.2) is 99.4 Å². The maximum Gasteiger partial charge on any atom is 1.00 e. The molecule has 0 bridgehead atoms. The Bertz CT molecular complexity index is 3640. The number of morpholine rings is 3. The number of hydrogen-bond donors (Lipinski definition) is 4. The second-order valence-electron chi connectivity index (χ2n) is 21.6. The van der Waals surface area contributed by atoms with E-state index in [1.165, 1.54) is 64.1 Å². The van der Waals surface area contributed by atoms with Gasteiger partial charge in [0.2, 0.25) is 0 Å². The molecule has 5 N–H and O–H groups in total. The number of nitriles is 1. The molecule has 3 aliphatic rings. The van der Waals surface area contributed by atoms with Crippen molar-refractivity contribution < 1.29 is 70.2 Å². The van der Waals surface area contributed by atoms with Gasteiger partial charge in [-0.2, -0.15) is 5.26 Å². The van der Waals surface area contributed by atoms with Crippen molar-refractivity contribution in [3.05, 3.63) is 165 Å². The number of aryl methyl sites for hydroxylation is 8. The molecule has 3 saturated heterocycles. The van der Waals surface area contributed by atoms with E-state index in [0.29, 0.717) is 31.3 Å². The molecular formula is C65H80N9NaO9S4. The van der Waals surface area contributed by atoms with Gasteiger partial charge in [0.05, 0.1) is 66.1 Å². The second kappa shape index (κ2) is 31.8. The van der Waals surface area contributed by atoms with Gasteiger partial charge in [-0.05, 0) is 167 Å². The Morgan fingerprint density at radius 2 is 0.898 bits per heavy atom. The molecule has 3 fully saturated rings. The summed E-state index contributed by atoms with van der Waals surface area (Å²) in [6.45, 7) is 33.1. The Balaban J connectivity index is 0.000000217. The van der Waals surface area contributed by atoms with Crippen LogP contribution in [-0.2, 0) is 34.3 Å². The van der Waals surface area contributed by atoms with Crippen LogP contribution < -0.4 is 65.3 Å². The molecule has 0 saturated carbocycles. The number of carbonyl (C=O) groups is 2. The Morgan fingerprint density at radius 3 is 1.33 bits per heavy atom. The number of nitrogens with one attached hydrogen (secondary N) is 3. The second-order valence-corrected chi connectivity index (χ2v) is 26.8. The minimum Gasteiger partial charge on any atom is -0.571 e. The van der Waals surface area contributed by atoms with Crippen molar-refractivity contribution in [1.82, 2.24) is 0 Å². The third-order valence-corrected chi connectivity index (χ3v) is 19.6. The molecule has 18 nitrogen and oxygen atoms in total. The zero-order valence-corrected chi connectivity index (χ0v) is 58.0. The topological polar surface area (TPSA) is 240 Å². The molecule has 2 amide bonds. The summed E-state index contributed by atoms with van der Waals surface area (Å²) in [4.78, 5) is 34.3. The Hall–Kier alpha value is -6.49. The quantitative estimate of drug-likeness (QED) is 0.0621. The Labute approximate surface area is 550 Å². The van der Waals surface area contributed by atoms with E-state index in [4.69, 9.17) is 25.2 Å². The maximum atomic E-state index is 13.3. The van der Waals surface area contributed by atoms with Crippen LogP contribution in [0.4, 0.5) is 45.5 Å². The number of amides is 2. The van der Waals surface area contributed by atoms with Crippen LogP contribution in [0.5, 0.6) is 0 Å². The predicted molar refractivity (Wildman–Crippen MR) is 355 cm³/mol. The maximum absolute atomic E-state index is 13.3. The molecule has 10 rings (SSSR count). The van der Waals surface area contributed by atoms with Gasteiger partial charge in [-0.1, -0.05) is 59.7 Å². The molecule has 0 spiro atoms. The van der Waals surface area contributed by atoms with Crippen LogP contribution in [0.25, 0.3) is 4.72 Å². The third kappa shape index (κ3) is 17.5. The standard InChI is InChI=1S/2C25H29N3O4S2.C13H20N2O.C2H3N.Na/c2*1-16-5-7-20(8-6-16)34(30,31)27-21-9-14-33-24(21)25(29)26-22-17(2)15-18(3)23(19(22)4)28-10-12-32-13-11-28;1-9-8-10(2)13(11(3)12(9)14)15-4-6-16-7-5-15;1-2-3;/h5-9,14-15H,10-13H2,1-4H3,(H2,26,27,29);5-9,14-15,27H,10-13H2,1-4H3,(H,26,29);8H,4-7,14H2,1-3H3;1H3;/q;;;;+1/p-1. The van der Waals surface area contributed by atoms with Crippen LogP contribution >= 0.6 is 22.7 Å². The molecule has 23 heteroatoms. The van der Waals surface area contributed by atoms with Crippen molar-refractivity contribution in [2.45, 2.75) is 92.9 Å². The van der Waals surface area contributed by atoms with Crippen molar-refractivity contribution >= 4 is 100 Å². The molecule has 0 aliphatic carbocycles. The minimum absolute atomic E-state index is 0. The number of sulfonamides is 2. The summed E-state index contributed by atoms with van der Waals surface area (Å²) in [6.07, 6.45) is 0. The smallest absolute Gasteiger partial charge is 0.571 e. The van der Waals surface area contributed by atoms with Gasteiger partial charge >= 0.3 is 29.6 Å². The number of hydrogen-bond acceptors (Lipinski definition) is 16. The summed E-state index contributed by atoms with van der Waals surface area (Å²) < 4.78 is 74.2. The van der Waals surface area contributed by atoms with Crippen LogP contribution in [0.2, 0.25) is 0 Å². The molecular weight excluding hydrogens is 1200 g/mol. The van der Waals surface area contributed by atoms with E-state index in [2.05, 4.69) is 87.6 Å². The number of nitrogens with two attached hydrogens (primary N) is 1. The van der Waals surface area contributed by atoms with Crippen molar-refractivity contribution in [2.75, 3.05) is 115 Å². The van der Waals surface area contributed by atoms with Gasteiger partial charge in [-0.25, -0.2) is 16.8 Å². The van der Waals surface area contributed by atoms with E-state index in [1.807, 2.05) is 41.5 Å². The molecule has 0 radical (unpaired) electrons. The van der Waals surface area contributed by atoms with Gasteiger partial charge in [-0.15, -0.1) is 28.4 Å². The molecule has 7 aromatic rings. The number of benzene rings is 5. The fraction of sp³-hybridized carbons (Fsp3) is 0.369. The summed E-state index contributed by atoms with van der Waals surface area (Å²) in [6, 6.07) is 24.3. The van der Waals surface area contributed by atoms with Crippen molar-refractivity contribution in [2.24, 2.45) is 0 Å². The molecule has 88 heavy (non-hydrogen) atoms. The first-order chi connectivity index (χ1) is 41.4. The molecule has 2 aromatic heterocycles. The summed E-state index contributed by atoms with van der Waals surface area (Å²) in [5, 5.41) is 16.8. The van der Waals surface area contributed by atoms with E-state index >= 15 is 0 Å². The predicted octanol–water partition coefficient (Wildman–Crippen LogP) is 9.90. The number of rotatable bonds is 13. The Morgan fingerprint density at radius 1 is 0.534 bits per heavy atom. The van der Waals surface area contributed by atoms with Crippen molar-refractivity contribution in [3.8, 4) is 6.07 Å². The van der Waals surface area contributed by atoms with Gasteiger partial charge in [0.15, 0.2) is 0 Å². The molecule has 5 heterocycles. The molecule has 3 aliphatic heterocycles. The number of nitrogen functional groups attached to an aromatic ring is 1. The van der Waals surface area contributed by atoms with Crippen molar-refractivity contribution in [3.63, 3.8) is 0 Å². The van der Waals surface area contributed by atoms with E-state index < -0.39 is 20.0 Å². The van der Waals surface area contributed by atoms with Gasteiger partial charge in [-0.3, -0.25) is 14.3 Å². The average molecular weight is 1280 g/mol. The first-order valence-electron chi connectivity index (χ1n) is 28.7. The van der Waals surface area contributed by atoms with E-state index in [1.54, 1.807) is 65.4 Å². The monoisotopic (exact) mass is 1280 g/mol. The van der Waals surface area contributed by atoms with E-state index in [-0.39, 0.29) is 67.4 Å². The first-order valence-corrected chi connectivity index (χ1v) is 33.3. The first kappa shape index (κ1) is 70.6. The van der Waals surface area contributed by atoms with Gasteiger partial charge in [0.1, 0.15) is 14.9 Å². The van der Waals surface area contributed by atoms with Crippen LogP contribution in [0, 0.1) is 87.5 Å². The zero-order valence-electron chi connectivity index (χ0n) is 52.8. The summed E-state index contributed by atoms with van der Waals surface area (Å²) in [7, 11) is -7.75. The summed E-state index contributed by atoms with van der Waals surface area (Å²) in [5.41, 5.74) is 24.2. The fourth-order valence-electron chi connectivity index (χ4n) is 11.0. The van der Waals surface area contributed by atoms with Gasteiger partial charge in [0, 0.05) is 80.3 Å². The van der Waals surface area contributed by atoms with Crippen LogP contribution in [-0.4, -0.2) is 108 Å². The van der Waals surface area contributed by atoms with Gasteiger partial charge < -0.3 is 50.0 Å². The van der Waals surface area contributed by atoms with E-state index in [9.17, 15) is 26.4 Å². The summed E-state index contributed by atoms with van der Waals surface area (Å²) in [5.74, 6) is -0.726. The fourth-order valence-corrected chi connectivity index (χ4v) is 14.7. The number of carbonyl (C=O) groups excluding carboxylic acids is 2. The molecule has 5 aromatic carbocycles. The third-order valence-electron chi connectivity index (χ3n) is 15.1. The number of anilines is 7. The normalized spacial score (nSPS) is 14.1. The Kier molecular flexibility index (Phi) is 25.5. The molecule has 464 valence electrons. The molecule has 0 unspecified atom stereocenters. The van der Waals surface area contributed by atoms with Gasteiger partial charge in [0.25, 0.3) is 21.8 Å². The van der Waals surface area contributed by atoms with Crippen LogP contribution in [0.3, 0.4) is 0 Å². The summed E-state index contributed by atoms with van der Waals surface area (Å²) >= 11 is 2.36.